The molecule has 3 rings (SSSR count). The van der Waals surface area contributed by atoms with Crippen LogP contribution in [0.4, 0.5) is 5.69 Å². The average Bonchev–Trinajstić information content (AvgIpc) is 2.75. The predicted octanol–water partition coefficient (Wildman–Crippen LogP) is 1.44. The smallest absolute Gasteiger partial charge is 0.357 e. The Morgan fingerprint density at radius 3 is 1.47 bits per heavy atom. The molecule has 0 bridgehead atoms. The van der Waals surface area contributed by atoms with Crippen LogP contribution in [0.25, 0.3) is 0 Å². The van der Waals surface area contributed by atoms with Crippen molar-refractivity contribution in [2.75, 3.05) is 0 Å². The molecule has 0 heterocycles. The minimum Gasteiger partial charge on any atom is -0.744 e. The van der Waals surface area contributed by atoms with Crippen LogP contribution in [0, 0.1) is 17.3 Å². The Morgan fingerprint density at radius 2 is 1.17 bits per heavy atom. The van der Waals surface area contributed by atoms with Crippen LogP contribution in [0.15, 0.2) is 77.7 Å². The van der Waals surface area contributed by atoms with Crippen LogP contribution < -0.4 is 21.2 Å². The number of rotatable bonds is 6. The van der Waals surface area contributed by atoms with Crippen molar-refractivity contribution in [3.05, 3.63) is 101 Å². The highest BCUT2D eigenvalue weighted by atomic mass is 127. The maximum absolute atomic E-state index is 10.4. The fourth-order valence-corrected chi connectivity index (χ4v) is 5.05. The summed E-state index contributed by atoms with van der Waals surface area (Å²) in [6.07, 6.45) is 2.26. The van der Waals surface area contributed by atoms with Gasteiger partial charge >= 0.3 is 21.2 Å². The molecular weight excluding hydrogens is 517 g/mol. The van der Waals surface area contributed by atoms with Crippen molar-refractivity contribution in [3.8, 4) is 0 Å². The van der Waals surface area contributed by atoms with Crippen LogP contribution in [0.1, 0.15) is 25.0 Å². The van der Waals surface area contributed by atoms with Crippen molar-refractivity contribution in [1.82, 2.24) is 0 Å². The molecule has 0 atom stereocenters. The summed E-state index contributed by atoms with van der Waals surface area (Å²) in [4.78, 5) is 8.99. The molecule has 0 unspecified atom stereocenters. The van der Waals surface area contributed by atoms with Gasteiger partial charge in [-0.2, -0.15) is 0 Å². The fraction of sp³-hybridized carbons (Fsp3) is 0.182. The second-order valence-electron chi connectivity index (χ2n) is 6.26. The van der Waals surface area contributed by atoms with Gasteiger partial charge in [-0.1, -0.05) is 38.1 Å². The number of nitro benzene ring substituents is 1. The summed E-state index contributed by atoms with van der Waals surface area (Å²) in [7, 11) is -4.52. The van der Waals surface area contributed by atoms with Gasteiger partial charge in [-0.25, -0.2) is 8.42 Å². The van der Waals surface area contributed by atoms with E-state index in [4.69, 9.17) is 0 Å². The van der Waals surface area contributed by atoms with E-state index in [0.29, 0.717) is 0 Å². The maximum Gasteiger partial charge on any atom is 0.357 e. The third-order valence-electron chi connectivity index (χ3n) is 4.20. The highest BCUT2D eigenvalue weighted by molar-refractivity contribution is 7.85. The van der Waals surface area contributed by atoms with Crippen LogP contribution >= 0.6 is 0 Å². The van der Waals surface area contributed by atoms with E-state index in [1.54, 1.807) is 0 Å². The van der Waals surface area contributed by atoms with Gasteiger partial charge in [-0.05, 0) is 60.4 Å². The zero-order valence-corrected chi connectivity index (χ0v) is 19.6. The molecule has 8 heteroatoms. The molecule has 158 valence electrons. The largest absolute Gasteiger partial charge is 0.744 e. The number of aryl methyl sites for hydroxylation is 2. The van der Waals surface area contributed by atoms with E-state index in [1.807, 2.05) is 0 Å². The quantitative estimate of drug-likeness (QED) is 0.204. The number of nitrogens with zero attached hydrogens (tertiary/aromatic N) is 1. The van der Waals surface area contributed by atoms with Crippen molar-refractivity contribution in [3.63, 3.8) is 0 Å². The SMILES string of the molecule is CCc1ccc([I+]c2ccc(CC)cc2)cc1.O=[N+]([O-])c1ccc(S(=O)(=O)[O-])cc1. The summed E-state index contributed by atoms with van der Waals surface area (Å²) in [5.41, 5.74) is 2.60. The molecule has 0 saturated carbocycles. The van der Waals surface area contributed by atoms with Gasteiger partial charge in [0.1, 0.15) is 10.1 Å². The molecule has 0 aliphatic heterocycles. The average molecular weight is 539 g/mol. The molecular formula is C22H22INO5S. The highest BCUT2D eigenvalue weighted by Crippen LogP contribution is 2.14. The van der Waals surface area contributed by atoms with Gasteiger partial charge in [-0.3, -0.25) is 10.1 Å². The van der Waals surface area contributed by atoms with Crippen molar-refractivity contribution in [1.29, 1.82) is 0 Å². The first-order chi connectivity index (χ1) is 14.2. The summed E-state index contributed by atoms with van der Waals surface area (Å²) in [6.45, 7) is 4.40. The summed E-state index contributed by atoms with van der Waals surface area (Å²) < 4.78 is 34.2. The van der Waals surface area contributed by atoms with Crippen LogP contribution in [-0.2, 0) is 23.0 Å². The van der Waals surface area contributed by atoms with Gasteiger partial charge in [0.05, 0.1) is 9.82 Å². The van der Waals surface area contributed by atoms with Crippen LogP contribution in [0.2, 0.25) is 0 Å². The normalized spacial score (nSPS) is 10.8. The monoisotopic (exact) mass is 539 g/mol. The van der Waals surface area contributed by atoms with Gasteiger partial charge in [-0.15, -0.1) is 0 Å². The lowest BCUT2D eigenvalue weighted by molar-refractivity contribution is -0.597. The molecule has 0 aliphatic rings. The Morgan fingerprint density at radius 1 is 0.767 bits per heavy atom. The minimum atomic E-state index is -4.52. The molecule has 3 aromatic rings. The first-order valence-electron chi connectivity index (χ1n) is 9.26. The van der Waals surface area contributed by atoms with Gasteiger partial charge < -0.3 is 4.55 Å². The van der Waals surface area contributed by atoms with E-state index in [-0.39, 0.29) is 26.9 Å². The number of hydrogen-bond donors (Lipinski definition) is 0. The number of hydrogen-bond acceptors (Lipinski definition) is 5. The fourth-order valence-electron chi connectivity index (χ4n) is 2.43. The van der Waals surface area contributed by atoms with Crippen molar-refractivity contribution in [2.45, 2.75) is 31.6 Å². The lowest BCUT2D eigenvalue weighted by Crippen LogP contribution is -3.61. The second kappa shape index (κ2) is 11.2. The topological polar surface area (TPSA) is 100 Å². The van der Waals surface area contributed by atoms with E-state index in [1.165, 1.54) is 18.3 Å². The zero-order chi connectivity index (χ0) is 22.1. The molecule has 0 aliphatic carbocycles. The second-order valence-corrected chi connectivity index (χ2v) is 10.7. The number of nitro groups is 1. The van der Waals surface area contributed by atoms with Crippen LogP contribution in [0.5, 0.6) is 0 Å². The number of non-ortho nitro benzene ring substituents is 1. The molecule has 6 nitrogen and oxygen atoms in total. The Hall–Kier alpha value is -2.30. The van der Waals surface area contributed by atoms with E-state index in [9.17, 15) is 23.1 Å². The Bertz CT molecular complexity index is 1020. The number of benzene rings is 3. The minimum absolute atomic E-state index is 0.00746. The highest BCUT2D eigenvalue weighted by Gasteiger charge is 2.14. The standard InChI is InChI=1S/C16H18I.C6H5NO5S/c1-3-13-5-9-15(10-6-13)17-16-11-7-14(4-2)8-12-16;8-7(9)5-1-3-6(4-2-5)13(10,11)12/h5-12H,3-4H2,1-2H3;1-4H,(H,10,11,12)/q+1;/p-1. The molecule has 0 amide bonds. The first-order valence-corrected chi connectivity index (χ1v) is 12.8. The molecule has 0 fully saturated rings. The number of halogens is 1. The lowest BCUT2D eigenvalue weighted by Gasteiger charge is -2.04. The Kier molecular flexibility index (Phi) is 8.94. The molecule has 30 heavy (non-hydrogen) atoms. The first kappa shape index (κ1) is 24.0. The Labute approximate surface area is 187 Å². The third-order valence-corrected chi connectivity index (χ3v) is 7.73. The molecule has 0 radical (unpaired) electrons. The van der Waals surface area contributed by atoms with Crippen molar-refractivity contribution in [2.24, 2.45) is 0 Å². The van der Waals surface area contributed by atoms with Crippen LogP contribution in [-0.4, -0.2) is 17.9 Å². The van der Waals surface area contributed by atoms with Gasteiger partial charge in [0.2, 0.25) is 0 Å². The summed E-state index contributed by atoms with van der Waals surface area (Å²) in [5, 5.41) is 10.1. The van der Waals surface area contributed by atoms with E-state index in [2.05, 4.69) is 62.4 Å². The molecule has 0 N–H and O–H groups in total. The summed E-state index contributed by atoms with van der Waals surface area (Å²) in [6, 6.07) is 21.9. The summed E-state index contributed by atoms with van der Waals surface area (Å²) in [5.74, 6) is 0. The van der Waals surface area contributed by atoms with Gasteiger partial charge in [0.25, 0.3) is 5.69 Å². The van der Waals surface area contributed by atoms with Crippen molar-refractivity contribution >= 4 is 15.8 Å². The van der Waals surface area contributed by atoms with E-state index in [0.717, 1.165) is 37.1 Å². The third kappa shape index (κ3) is 7.51. The van der Waals surface area contributed by atoms with Crippen molar-refractivity contribution < 1.29 is 39.1 Å². The van der Waals surface area contributed by atoms with E-state index < -0.39 is 19.9 Å². The maximum atomic E-state index is 10.4. The molecule has 0 spiro atoms. The Balaban J connectivity index is 0.000000222. The molecule has 3 aromatic carbocycles. The van der Waals surface area contributed by atoms with Gasteiger partial charge in [0, 0.05) is 12.1 Å². The zero-order valence-electron chi connectivity index (χ0n) is 16.6. The molecule has 0 aromatic heterocycles. The predicted molar refractivity (Wildman–Crippen MR) is 110 cm³/mol. The summed E-state index contributed by atoms with van der Waals surface area (Å²) >= 11 is -0.00746. The lowest BCUT2D eigenvalue weighted by atomic mass is 10.2. The van der Waals surface area contributed by atoms with Crippen LogP contribution in [0.3, 0.4) is 0 Å². The molecule has 0 saturated heterocycles. The van der Waals surface area contributed by atoms with Gasteiger partial charge in [0.15, 0.2) is 7.14 Å². The van der Waals surface area contributed by atoms with E-state index >= 15 is 0 Å².